The lowest BCUT2D eigenvalue weighted by molar-refractivity contribution is -0.385. The Morgan fingerprint density at radius 1 is 0.722 bits per heavy atom. The zero-order chi connectivity index (χ0) is 13.1. The van der Waals surface area contributed by atoms with Crippen LogP contribution in [0.1, 0.15) is 0 Å². The Hall–Kier alpha value is -2.76. The summed E-state index contributed by atoms with van der Waals surface area (Å²) in [5, 5.41) is 21.3. The van der Waals surface area contributed by atoms with Crippen molar-refractivity contribution in [2.45, 2.75) is 0 Å². The molecule has 0 radical (unpaired) electrons. The highest BCUT2D eigenvalue weighted by Crippen LogP contribution is 2.26. The van der Waals surface area contributed by atoms with Gasteiger partial charge in [-0.2, -0.15) is 0 Å². The first kappa shape index (κ1) is 11.7. The van der Waals surface area contributed by atoms with Crippen LogP contribution in [0.25, 0.3) is 11.1 Å². The Morgan fingerprint density at radius 3 is 1.44 bits per heavy atom. The topological polar surface area (TPSA) is 86.3 Å². The van der Waals surface area contributed by atoms with Crippen molar-refractivity contribution in [2.75, 3.05) is 0 Å². The van der Waals surface area contributed by atoms with Crippen LogP contribution in [0.15, 0.2) is 48.5 Å². The zero-order valence-corrected chi connectivity index (χ0v) is 9.15. The van der Waals surface area contributed by atoms with Crippen LogP contribution in [0, 0.1) is 20.2 Å². The standard InChI is InChI=1S/C12H8N2O4/c15-13(16)11-5-1-3-9(7-11)10-4-2-6-12(8-10)14(17)18/h1-8H. The smallest absolute Gasteiger partial charge is 0.258 e. The third-order valence-corrected chi connectivity index (χ3v) is 2.45. The van der Waals surface area contributed by atoms with Crippen molar-refractivity contribution in [1.82, 2.24) is 0 Å². The maximum atomic E-state index is 10.7. The monoisotopic (exact) mass is 244 g/mol. The molecule has 0 N–H and O–H groups in total. The van der Waals surface area contributed by atoms with Crippen molar-refractivity contribution >= 4 is 11.4 Å². The zero-order valence-electron chi connectivity index (χ0n) is 9.15. The quantitative estimate of drug-likeness (QED) is 0.612. The van der Waals surface area contributed by atoms with E-state index in [9.17, 15) is 20.2 Å². The third-order valence-electron chi connectivity index (χ3n) is 2.45. The first-order valence-electron chi connectivity index (χ1n) is 5.07. The first-order valence-corrected chi connectivity index (χ1v) is 5.07. The molecule has 0 aliphatic carbocycles. The molecular formula is C12H8N2O4. The average Bonchev–Trinajstić information content (AvgIpc) is 2.39. The number of non-ortho nitro benzene ring substituents is 2. The van der Waals surface area contributed by atoms with E-state index in [1.807, 2.05) is 0 Å². The molecular weight excluding hydrogens is 236 g/mol. The second-order valence-corrected chi connectivity index (χ2v) is 3.61. The predicted molar refractivity (Wildman–Crippen MR) is 65.2 cm³/mol. The Labute approximate surface area is 102 Å². The van der Waals surface area contributed by atoms with Gasteiger partial charge in [0, 0.05) is 24.3 Å². The van der Waals surface area contributed by atoms with Crippen LogP contribution in [0.3, 0.4) is 0 Å². The van der Waals surface area contributed by atoms with Gasteiger partial charge in [-0.15, -0.1) is 0 Å². The molecule has 0 saturated carbocycles. The molecule has 18 heavy (non-hydrogen) atoms. The molecule has 0 unspecified atom stereocenters. The van der Waals surface area contributed by atoms with Crippen molar-refractivity contribution in [3.05, 3.63) is 68.8 Å². The third kappa shape index (κ3) is 2.32. The van der Waals surface area contributed by atoms with Gasteiger partial charge in [0.15, 0.2) is 0 Å². The van der Waals surface area contributed by atoms with Crippen LogP contribution in [0.2, 0.25) is 0 Å². The first-order chi connectivity index (χ1) is 8.58. The fourth-order valence-corrected chi connectivity index (χ4v) is 1.60. The van der Waals surface area contributed by atoms with Crippen LogP contribution >= 0.6 is 0 Å². The lowest BCUT2D eigenvalue weighted by Gasteiger charge is -2.01. The summed E-state index contributed by atoms with van der Waals surface area (Å²) in [7, 11) is 0. The number of nitro groups is 2. The van der Waals surface area contributed by atoms with E-state index in [0.29, 0.717) is 11.1 Å². The minimum atomic E-state index is -0.499. The minimum absolute atomic E-state index is 0.0426. The lowest BCUT2D eigenvalue weighted by Crippen LogP contribution is -1.90. The molecule has 0 aliphatic rings. The van der Waals surface area contributed by atoms with Gasteiger partial charge < -0.3 is 0 Å². The van der Waals surface area contributed by atoms with Crippen molar-refractivity contribution in [2.24, 2.45) is 0 Å². The molecule has 2 aromatic rings. The predicted octanol–water partition coefficient (Wildman–Crippen LogP) is 3.17. The minimum Gasteiger partial charge on any atom is -0.258 e. The van der Waals surface area contributed by atoms with Crippen LogP contribution in [0.4, 0.5) is 11.4 Å². The Morgan fingerprint density at radius 2 is 1.11 bits per heavy atom. The Kier molecular flexibility index (Phi) is 3.01. The summed E-state index contributed by atoms with van der Waals surface area (Å²) >= 11 is 0. The number of nitro benzene ring substituents is 2. The fraction of sp³-hybridized carbons (Fsp3) is 0. The van der Waals surface area contributed by atoms with E-state index in [1.165, 1.54) is 24.3 Å². The van der Waals surface area contributed by atoms with E-state index in [1.54, 1.807) is 24.3 Å². The fourth-order valence-electron chi connectivity index (χ4n) is 1.60. The average molecular weight is 244 g/mol. The molecule has 0 saturated heterocycles. The molecule has 2 aromatic carbocycles. The Balaban J connectivity index is 2.48. The lowest BCUT2D eigenvalue weighted by atomic mass is 10.0. The SMILES string of the molecule is O=[N+]([O-])c1cccc(-c2cccc([N+](=O)[O-])c2)c1. The molecule has 0 fully saturated rings. The molecule has 6 heteroatoms. The second-order valence-electron chi connectivity index (χ2n) is 3.61. The summed E-state index contributed by atoms with van der Waals surface area (Å²) in [6.07, 6.45) is 0. The van der Waals surface area contributed by atoms with Gasteiger partial charge in [0.1, 0.15) is 0 Å². The second kappa shape index (κ2) is 4.62. The van der Waals surface area contributed by atoms with Crippen LogP contribution in [-0.4, -0.2) is 9.85 Å². The summed E-state index contributed by atoms with van der Waals surface area (Å²) < 4.78 is 0. The highest BCUT2D eigenvalue weighted by Gasteiger charge is 2.10. The molecule has 0 aromatic heterocycles. The maximum Gasteiger partial charge on any atom is 0.270 e. The summed E-state index contributed by atoms with van der Waals surface area (Å²) in [6.45, 7) is 0. The highest BCUT2D eigenvalue weighted by atomic mass is 16.6. The van der Waals surface area contributed by atoms with Gasteiger partial charge in [-0.05, 0) is 11.1 Å². The van der Waals surface area contributed by atoms with Gasteiger partial charge in [0.2, 0.25) is 0 Å². The van der Waals surface area contributed by atoms with Gasteiger partial charge in [0.25, 0.3) is 11.4 Å². The summed E-state index contributed by atoms with van der Waals surface area (Å²) in [6, 6.07) is 12.0. The number of hydrogen-bond acceptors (Lipinski definition) is 4. The van der Waals surface area contributed by atoms with Crippen molar-refractivity contribution in [1.29, 1.82) is 0 Å². The molecule has 0 spiro atoms. The molecule has 0 bridgehead atoms. The van der Waals surface area contributed by atoms with Gasteiger partial charge in [0.05, 0.1) is 9.85 Å². The molecule has 0 atom stereocenters. The molecule has 0 amide bonds. The number of rotatable bonds is 3. The van der Waals surface area contributed by atoms with Gasteiger partial charge in [-0.1, -0.05) is 24.3 Å². The van der Waals surface area contributed by atoms with Crippen LogP contribution in [0.5, 0.6) is 0 Å². The normalized spacial score (nSPS) is 10.0. The molecule has 2 rings (SSSR count). The van der Waals surface area contributed by atoms with Gasteiger partial charge >= 0.3 is 0 Å². The maximum absolute atomic E-state index is 10.7. The Bertz CT molecular complexity index is 569. The van der Waals surface area contributed by atoms with E-state index in [-0.39, 0.29) is 11.4 Å². The number of benzene rings is 2. The summed E-state index contributed by atoms with van der Waals surface area (Å²) in [4.78, 5) is 20.3. The van der Waals surface area contributed by atoms with E-state index < -0.39 is 9.85 Å². The van der Waals surface area contributed by atoms with Crippen molar-refractivity contribution < 1.29 is 9.85 Å². The van der Waals surface area contributed by atoms with Gasteiger partial charge in [-0.3, -0.25) is 20.2 Å². The summed E-state index contributed by atoms with van der Waals surface area (Å²) in [5.74, 6) is 0. The van der Waals surface area contributed by atoms with E-state index in [4.69, 9.17) is 0 Å². The van der Waals surface area contributed by atoms with Crippen molar-refractivity contribution in [3.63, 3.8) is 0 Å². The largest absolute Gasteiger partial charge is 0.270 e. The molecule has 90 valence electrons. The van der Waals surface area contributed by atoms with Crippen LogP contribution in [-0.2, 0) is 0 Å². The number of hydrogen-bond donors (Lipinski definition) is 0. The van der Waals surface area contributed by atoms with Crippen LogP contribution < -0.4 is 0 Å². The van der Waals surface area contributed by atoms with E-state index in [2.05, 4.69) is 0 Å². The van der Waals surface area contributed by atoms with Crippen molar-refractivity contribution in [3.8, 4) is 11.1 Å². The molecule has 0 heterocycles. The highest BCUT2D eigenvalue weighted by molar-refractivity contribution is 5.68. The van der Waals surface area contributed by atoms with Gasteiger partial charge in [-0.25, -0.2) is 0 Å². The summed E-state index contributed by atoms with van der Waals surface area (Å²) in [5.41, 5.74) is 1.07. The van der Waals surface area contributed by atoms with E-state index >= 15 is 0 Å². The molecule has 6 nitrogen and oxygen atoms in total. The molecule has 0 aliphatic heterocycles. The van der Waals surface area contributed by atoms with E-state index in [0.717, 1.165) is 0 Å². The number of nitrogens with zero attached hydrogens (tertiary/aromatic N) is 2.